The highest BCUT2D eigenvalue weighted by Gasteiger charge is 2.25. The van der Waals surface area contributed by atoms with Gasteiger partial charge < -0.3 is 9.47 Å². The molecule has 1 amide bonds. The molecule has 4 heterocycles. The van der Waals surface area contributed by atoms with Crippen LogP contribution in [-0.2, 0) is 0 Å². The molecule has 1 saturated heterocycles. The zero-order valence-electron chi connectivity index (χ0n) is 14.8. The number of aromatic nitrogens is 4. The second-order valence-corrected chi connectivity index (χ2v) is 6.74. The van der Waals surface area contributed by atoms with Gasteiger partial charge in [-0.2, -0.15) is 0 Å². The number of para-hydroxylation sites is 1. The van der Waals surface area contributed by atoms with Crippen LogP contribution < -0.4 is 0 Å². The lowest BCUT2D eigenvalue weighted by Gasteiger charge is -2.13. The van der Waals surface area contributed by atoms with Gasteiger partial charge in [0.2, 0.25) is 0 Å². The van der Waals surface area contributed by atoms with E-state index in [-0.39, 0.29) is 5.91 Å². The van der Waals surface area contributed by atoms with Gasteiger partial charge >= 0.3 is 0 Å². The largest absolute Gasteiger partial charge is 0.337 e. The molecule has 6 heteroatoms. The Balaban J connectivity index is 1.60. The molecule has 0 atom stereocenters. The zero-order valence-corrected chi connectivity index (χ0v) is 14.8. The molecule has 5 rings (SSSR count). The molecule has 1 aliphatic rings. The molecule has 134 valence electrons. The van der Waals surface area contributed by atoms with E-state index in [1.165, 1.54) is 0 Å². The van der Waals surface area contributed by atoms with Gasteiger partial charge in [-0.15, -0.1) is 0 Å². The quantitative estimate of drug-likeness (QED) is 0.564. The summed E-state index contributed by atoms with van der Waals surface area (Å²) in [7, 11) is 0. The lowest BCUT2D eigenvalue weighted by atomic mass is 10.3. The smallest absolute Gasteiger partial charge is 0.274 e. The molecule has 0 bridgehead atoms. The van der Waals surface area contributed by atoms with Gasteiger partial charge in [0.15, 0.2) is 11.5 Å². The Labute approximate surface area is 156 Å². The lowest BCUT2D eigenvalue weighted by Crippen LogP contribution is -2.28. The van der Waals surface area contributed by atoms with Crippen molar-refractivity contribution in [2.45, 2.75) is 12.8 Å². The second kappa shape index (κ2) is 6.39. The first kappa shape index (κ1) is 15.8. The van der Waals surface area contributed by atoms with Crippen LogP contribution in [0.15, 0.2) is 67.3 Å². The Bertz CT molecular complexity index is 1110. The molecule has 4 aromatic rings. The fourth-order valence-corrected chi connectivity index (χ4v) is 3.63. The Morgan fingerprint density at radius 1 is 0.963 bits per heavy atom. The summed E-state index contributed by atoms with van der Waals surface area (Å²) in [6, 6.07) is 15.8. The number of fused-ring (bicyclic) bond motifs is 1. The lowest BCUT2D eigenvalue weighted by molar-refractivity contribution is 0.0789. The minimum Gasteiger partial charge on any atom is -0.337 e. The highest BCUT2D eigenvalue weighted by Crippen LogP contribution is 2.24. The van der Waals surface area contributed by atoms with Crippen molar-refractivity contribution in [2.75, 3.05) is 13.1 Å². The predicted octanol–water partition coefficient (Wildman–Crippen LogP) is 3.42. The molecule has 0 unspecified atom stereocenters. The Morgan fingerprint density at radius 3 is 2.56 bits per heavy atom. The minimum absolute atomic E-state index is 0.00458. The number of rotatable bonds is 3. The number of imidazole rings is 2. The van der Waals surface area contributed by atoms with Crippen LogP contribution in [0.2, 0.25) is 0 Å². The van der Waals surface area contributed by atoms with Crippen LogP contribution >= 0.6 is 0 Å². The summed E-state index contributed by atoms with van der Waals surface area (Å²) in [5.74, 6) is 0.688. The van der Waals surface area contributed by atoms with Gasteiger partial charge in [0.25, 0.3) is 5.91 Å². The summed E-state index contributed by atoms with van der Waals surface area (Å²) >= 11 is 0. The summed E-state index contributed by atoms with van der Waals surface area (Å²) in [4.78, 5) is 24.1. The standard InChI is InChI=1S/C21H19N5O/c27-21(24-11-6-7-12-24)19-18-10-4-5-13-26(18)20(23-19)17-14-25(15-22-17)16-8-2-1-3-9-16/h1-5,8-10,13-15H,6-7,11-12H2. The number of amides is 1. The van der Waals surface area contributed by atoms with Gasteiger partial charge in [-0.25, -0.2) is 9.97 Å². The first-order valence-electron chi connectivity index (χ1n) is 9.17. The average Bonchev–Trinajstić information content (AvgIpc) is 3.47. The second-order valence-electron chi connectivity index (χ2n) is 6.74. The number of pyridine rings is 1. The van der Waals surface area contributed by atoms with Crippen molar-refractivity contribution in [3.05, 3.63) is 72.9 Å². The number of benzene rings is 1. The van der Waals surface area contributed by atoms with Crippen molar-refractivity contribution >= 4 is 11.4 Å². The number of hydrogen-bond donors (Lipinski definition) is 0. The summed E-state index contributed by atoms with van der Waals surface area (Å²) in [6.45, 7) is 1.62. The normalized spacial score (nSPS) is 14.1. The van der Waals surface area contributed by atoms with Gasteiger partial charge in [-0.1, -0.05) is 24.3 Å². The van der Waals surface area contributed by atoms with Crippen LogP contribution in [0.4, 0.5) is 0 Å². The number of carbonyl (C=O) groups is 1. The Hall–Kier alpha value is -3.41. The predicted molar refractivity (Wildman–Crippen MR) is 103 cm³/mol. The summed E-state index contributed by atoms with van der Waals surface area (Å²) in [5.41, 5.74) is 3.09. The van der Waals surface area contributed by atoms with Gasteiger partial charge in [-0.3, -0.25) is 9.20 Å². The number of nitrogens with zero attached hydrogens (tertiary/aromatic N) is 5. The molecule has 0 aliphatic carbocycles. The van der Waals surface area contributed by atoms with E-state index in [0.717, 1.165) is 42.8 Å². The van der Waals surface area contributed by atoms with Crippen molar-refractivity contribution < 1.29 is 4.79 Å². The minimum atomic E-state index is 0.00458. The van der Waals surface area contributed by atoms with E-state index in [9.17, 15) is 4.79 Å². The van der Waals surface area contributed by atoms with Gasteiger partial charge in [0.1, 0.15) is 12.0 Å². The fraction of sp³-hybridized carbons (Fsp3) is 0.190. The fourth-order valence-electron chi connectivity index (χ4n) is 3.63. The molecule has 0 spiro atoms. The van der Waals surface area contributed by atoms with E-state index < -0.39 is 0 Å². The van der Waals surface area contributed by atoms with Crippen LogP contribution in [0.3, 0.4) is 0 Å². The summed E-state index contributed by atoms with van der Waals surface area (Å²) in [5, 5.41) is 0. The molecule has 6 nitrogen and oxygen atoms in total. The first-order valence-corrected chi connectivity index (χ1v) is 9.17. The van der Waals surface area contributed by atoms with E-state index in [0.29, 0.717) is 11.5 Å². The molecule has 1 aromatic carbocycles. The third-order valence-electron chi connectivity index (χ3n) is 5.01. The van der Waals surface area contributed by atoms with E-state index >= 15 is 0 Å². The molecule has 0 radical (unpaired) electrons. The first-order chi connectivity index (χ1) is 13.3. The average molecular weight is 357 g/mol. The van der Waals surface area contributed by atoms with Gasteiger partial charge in [0, 0.05) is 31.2 Å². The van der Waals surface area contributed by atoms with Crippen LogP contribution in [-0.4, -0.2) is 42.8 Å². The third kappa shape index (κ3) is 2.70. The number of hydrogen-bond acceptors (Lipinski definition) is 3. The van der Waals surface area contributed by atoms with E-state index in [2.05, 4.69) is 4.98 Å². The SMILES string of the molecule is O=C(c1nc(-c2cn(-c3ccccc3)cn2)n2ccccc12)N1CCCC1. The zero-order chi connectivity index (χ0) is 18.2. The van der Waals surface area contributed by atoms with Crippen molar-refractivity contribution in [3.63, 3.8) is 0 Å². The van der Waals surface area contributed by atoms with Crippen LogP contribution in [0.1, 0.15) is 23.3 Å². The van der Waals surface area contributed by atoms with Crippen molar-refractivity contribution in [1.82, 2.24) is 23.8 Å². The highest BCUT2D eigenvalue weighted by atomic mass is 16.2. The maximum atomic E-state index is 13.0. The number of carbonyl (C=O) groups excluding carboxylic acids is 1. The maximum absolute atomic E-state index is 13.0. The molecular weight excluding hydrogens is 338 g/mol. The summed E-state index contributed by atoms with van der Waals surface area (Å²) in [6.07, 6.45) is 7.77. The van der Waals surface area contributed by atoms with Crippen LogP contribution in [0, 0.1) is 0 Å². The van der Waals surface area contributed by atoms with Gasteiger partial charge in [-0.05, 0) is 37.1 Å². The maximum Gasteiger partial charge on any atom is 0.274 e. The van der Waals surface area contributed by atoms with Crippen molar-refractivity contribution in [1.29, 1.82) is 0 Å². The number of likely N-dealkylation sites (tertiary alicyclic amines) is 1. The molecular formula is C21H19N5O. The third-order valence-corrected chi connectivity index (χ3v) is 5.01. The molecule has 0 saturated carbocycles. The van der Waals surface area contributed by atoms with Crippen molar-refractivity contribution in [3.8, 4) is 17.2 Å². The van der Waals surface area contributed by atoms with Crippen molar-refractivity contribution in [2.24, 2.45) is 0 Å². The van der Waals surface area contributed by atoms with Crippen LogP contribution in [0.5, 0.6) is 0 Å². The molecule has 1 aliphatic heterocycles. The van der Waals surface area contributed by atoms with Gasteiger partial charge in [0.05, 0.1) is 5.52 Å². The van der Waals surface area contributed by atoms with E-state index in [1.807, 2.05) is 74.8 Å². The molecule has 3 aromatic heterocycles. The molecule has 0 N–H and O–H groups in total. The monoisotopic (exact) mass is 357 g/mol. The highest BCUT2D eigenvalue weighted by molar-refractivity contribution is 6.00. The van der Waals surface area contributed by atoms with E-state index in [1.54, 1.807) is 6.33 Å². The summed E-state index contributed by atoms with van der Waals surface area (Å²) < 4.78 is 3.91. The Kier molecular flexibility index (Phi) is 3.74. The Morgan fingerprint density at radius 2 is 1.74 bits per heavy atom. The molecule has 1 fully saturated rings. The molecule has 27 heavy (non-hydrogen) atoms. The van der Waals surface area contributed by atoms with E-state index in [4.69, 9.17) is 4.98 Å². The topological polar surface area (TPSA) is 55.4 Å². The van der Waals surface area contributed by atoms with Crippen LogP contribution in [0.25, 0.3) is 22.7 Å².